The van der Waals surface area contributed by atoms with E-state index in [0.717, 1.165) is 31.6 Å². The highest BCUT2D eigenvalue weighted by Gasteiger charge is 2.34. The quantitative estimate of drug-likeness (QED) is 0.755. The Morgan fingerprint density at radius 3 is 2.79 bits per heavy atom. The maximum atomic E-state index is 12.3. The van der Waals surface area contributed by atoms with Crippen molar-refractivity contribution in [1.29, 1.82) is 0 Å². The first-order valence-corrected chi connectivity index (χ1v) is 7.37. The maximum Gasteiger partial charge on any atom is 0.231 e. The number of carbonyl (C=O) groups excluding carboxylic acids is 1. The van der Waals surface area contributed by atoms with E-state index >= 15 is 0 Å². The predicted molar refractivity (Wildman–Crippen MR) is 90.0 cm³/mol. The van der Waals surface area contributed by atoms with E-state index in [1.807, 2.05) is 25.1 Å². The molecule has 1 saturated heterocycles. The van der Waals surface area contributed by atoms with Crippen LogP contribution in [0.4, 0.5) is 5.69 Å². The fourth-order valence-electron chi connectivity index (χ4n) is 2.20. The van der Waals surface area contributed by atoms with Crippen molar-refractivity contribution in [2.45, 2.75) is 26.7 Å². The number of hydrogen-bond donors (Lipinski definition) is 2. The summed E-state index contributed by atoms with van der Waals surface area (Å²) in [6, 6.07) is 6.03. The summed E-state index contributed by atoms with van der Waals surface area (Å²) in [7, 11) is 0. The van der Waals surface area contributed by atoms with Gasteiger partial charge in [-0.25, -0.2) is 0 Å². The second-order valence-electron chi connectivity index (χ2n) is 5.26. The van der Waals surface area contributed by atoms with Gasteiger partial charge in [-0.2, -0.15) is 0 Å². The Bertz CT molecular complexity index is 459. The first kappa shape index (κ1) is 16.7. The molecular weight excluding hydrogens is 375 g/mol. The molecule has 1 aliphatic rings. The lowest BCUT2D eigenvalue weighted by molar-refractivity contribution is -0.125. The number of benzene rings is 1. The Kier molecular flexibility index (Phi) is 6.08. The molecule has 3 nitrogen and oxygen atoms in total. The minimum atomic E-state index is -0.283. The van der Waals surface area contributed by atoms with Crippen molar-refractivity contribution in [3.63, 3.8) is 0 Å². The van der Waals surface area contributed by atoms with Crippen LogP contribution in [0.25, 0.3) is 0 Å². The van der Waals surface area contributed by atoms with E-state index in [1.54, 1.807) is 0 Å². The Hall–Kier alpha value is -0.330. The summed E-state index contributed by atoms with van der Waals surface area (Å²) >= 11 is 2.29. The molecule has 1 atom stereocenters. The number of carbonyl (C=O) groups is 1. The van der Waals surface area contributed by atoms with Crippen LogP contribution in [0, 0.1) is 15.9 Å². The topological polar surface area (TPSA) is 41.1 Å². The predicted octanol–water partition coefficient (Wildman–Crippen LogP) is 3.35. The lowest BCUT2D eigenvalue weighted by atomic mass is 9.82. The highest BCUT2D eigenvalue weighted by atomic mass is 127. The normalized spacial score (nSPS) is 22.5. The molecule has 2 N–H and O–H groups in total. The minimum Gasteiger partial charge on any atom is -0.326 e. The molecule has 0 aromatic heterocycles. The highest BCUT2D eigenvalue weighted by Crippen LogP contribution is 2.27. The van der Waals surface area contributed by atoms with Gasteiger partial charge in [0.25, 0.3) is 0 Å². The smallest absolute Gasteiger partial charge is 0.231 e. The number of anilines is 1. The van der Waals surface area contributed by atoms with E-state index in [1.165, 1.54) is 9.13 Å². The number of piperidine rings is 1. The van der Waals surface area contributed by atoms with Crippen molar-refractivity contribution >= 4 is 46.6 Å². The Balaban J connectivity index is 0.00000180. The van der Waals surface area contributed by atoms with Gasteiger partial charge in [0.2, 0.25) is 5.91 Å². The average Bonchev–Trinajstić information content (AvgIpc) is 2.35. The summed E-state index contributed by atoms with van der Waals surface area (Å²) in [4.78, 5) is 12.3. The number of rotatable bonds is 2. The third kappa shape index (κ3) is 4.07. The fourth-order valence-corrected chi connectivity index (χ4v) is 2.72. The Morgan fingerprint density at radius 1 is 1.47 bits per heavy atom. The first-order valence-electron chi connectivity index (χ1n) is 6.30. The number of amides is 1. The van der Waals surface area contributed by atoms with Crippen molar-refractivity contribution in [2.24, 2.45) is 5.41 Å². The van der Waals surface area contributed by atoms with Gasteiger partial charge in [-0.1, -0.05) is 6.07 Å². The van der Waals surface area contributed by atoms with Crippen LogP contribution in [-0.2, 0) is 4.79 Å². The summed E-state index contributed by atoms with van der Waals surface area (Å²) < 4.78 is 1.18. The molecule has 0 saturated carbocycles. The molecule has 1 aromatic carbocycles. The van der Waals surface area contributed by atoms with Crippen molar-refractivity contribution in [2.75, 3.05) is 18.4 Å². The molecular formula is C14H20ClIN2O. The summed E-state index contributed by atoms with van der Waals surface area (Å²) in [6.07, 6.45) is 2.02. The third-order valence-electron chi connectivity index (χ3n) is 3.58. The summed E-state index contributed by atoms with van der Waals surface area (Å²) in [5, 5.41) is 6.34. The average molecular weight is 395 g/mol. The highest BCUT2D eigenvalue weighted by molar-refractivity contribution is 14.1. The lowest BCUT2D eigenvalue weighted by Gasteiger charge is -2.32. The van der Waals surface area contributed by atoms with Crippen molar-refractivity contribution < 1.29 is 4.79 Å². The molecule has 1 amide bonds. The van der Waals surface area contributed by atoms with E-state index in [-0.39, 0.29) is 23.7 Å². The molecule has 106 valence electrons. The summed E-state index contributed by atoms with van der Waals surface area (Å²) in [6.45, 7) is 5.89. The SMILES string of the molecule is Cc1ccc(NC(=O)C2(C)CCCNC2)cc1I.Cl. The van der Waals surface area contributed by atoms with Crippen LogP contribution in [0.2, 0.25) is 0 Å². The van der Waals surface area contributed by atoms with Gasteiger partial charge < -0.3 is 10.6 Å². The van der Waals surface area contributed by atoms with Gasteiger partial charge >= 0.3 is 0 Å². The number of halogens is 2. The fraction of sp³-hybridized carbons (Fsp3) is 0.500. The van der Waals surface area contributed by atoms with E-state index in [4.69, 9.17) is 0 Å². The molecule has 1 aromatic rings. The molecule has 2 rings (SSSR count). The van der Waals surface area contributed by atoms with Gasteiger partial charge in [-0.05, 0) is 73.5 Å². The van der Waals surface area contributed by atoms with Crippen molar-refractivity contribution in [3.05, 3.63) is 27.3 Å². The van der Waals surface area contributed by atoms with Crippen molar-refractivity contribution in [1.82, 2.24) is 5.32 Å². The van der Waals surface area contributed by atoms with Gasteiger partial charge in [-0.3, -0.25) is 4.79 Å². The Labute approximate surface area is 134 Å². The van der Waals surface area contributed by atoms with Crippen LogP contribution >= 0.6 is 35.0 Å². The van der Waals surface area contributed by atoms with Crippen LogP contribution in [-0.4, -0.2) is 19.0 Å². The van der Waals surface area contributed by atoms with Crippen LogP contribution < -0.4 is 10.6 Å². The molecule has 1 heterocycles. The molecule has 1 fully saturated rings. The van der Waals surface area contributed by atoms with E-state index in [9.17, 15) is 4.79 Å². The van der Waals surface area contributed by atoms with Crippen LogP contribution in [0.15, 0.2) is 18.2 Å². The number of nitrogens with one attached hydrogen (secondary N) is 2. The zero-order chi connectivity index (χ0) is 13.2. The van der Waals surface area contributed by atoms with Gasteiger partial charge in [0.1, 0.15) is 0 Å². The second kappa shape index (κ2) is 6.90. The monoisotopic (exact) mass is 394 g/mol. The molecule has 0 aliphatic carbocycles. The van der Waals surface area contributed by atoms with Crippen LogP contribution in [0.3, 0.4) is 0 Å². The van der Waals surface area contributed by atoms with E-state index in [2.05, 4.69) is 40.1 Å². The largest absolute Gasteiger partial charge is 0.326 e. The number of hydrogen-bond acceptors (Lipinski definition) is 2. The standard InChI is InChI=1S/C14H19IN2O.ClH/c1-10-4-5-11(8-12(10)15)17-13(18)14(2)6-3-7-16-9-14;/h4-5,8,16H,3,6-7,9H2,1-2H3,(H,17,18);1H. The van der Waals surface area contributed by atoms with Gasteiger partial charge in [0.15, 0.2) is 0 Å². The zero-order valence-corrected chi connectivity index (χ0v) is 14.2. The maximum absolute atomic E-state index is 12.3. The molecule has 19 heavy (non-hydrogen) atoms. The Morgan fingerprint density at radius 2 is 2.21 bits per heavy atom. The lowest BCUT2D eigenvalue weighted by Crippen LogP contribution is -2.46. The van der Waals surface area contributed by atoms with Gasteiger partial charge in [0, 0.05) is 15.8 Å². The van der Waals surface area contributed by atoms with Crippen molar-refractivity contribution in [3.8, 4) is 0 Å². The van der Waals surface area contributed by atoms with Gasteiger partial charge in [-0.15, -0.1) is 12.4 Å². The van der Waals surface area contributed by atoms with E-state index in [0.29, 0.717) is 0 Å². The van der Waals surface area contributed by atoms with Gasteiger partial charge in [0.05, 0.1) is 5.41 Å². The van der Waals surface area contributed by atoms with E-state index < -0.39 is 0 Å². The summed E-state index contributed by atoms with van der Waals surface area (Å²) in [5.74, 6) is 0.120. The molecule has 0 bridgehead atoms. The molecule has 0 spiro atoms. The molecule has 5 heteroatoms. The molecule has 1 aliphatic heterocycles. The zero-order valence-electron chi connectivity index (χ0n) is 11.3. The molecule has 1 unspecified atom stereocenters. The van der Waals surface area contributed by atoms with Crippen LogP contribution in [0.1, 0.15) is 25.3 Å². The van der Waals surface area contributed by atoms with Crippen LogP contribution in [0.5, 0.6) is 0 Å². The minimum absolute atomic E-state index is 0. The number of aryl methyl sites for hydroxylation is 1. The second-order valence-corrected chi connectivity index (χ2v) is 6.42. The summed E-state index contributed by atoms with van der Waals surface area (Å²) in [5.41, 5.74) is 1.84. The first-order chi connectivity index (χ1) is 8.51. The molecule has 0 radical (unpaired) electrons. The third-order valence-corrected chi connectivity index (χ3v) is 4.74.